The quantitative estimate of drug-likeness (QED) is 0.345. The van der Waals surface area contributed by atoms with E-state index in [-0.39, 0.29) is 11.5 Å². The summed E-state index contributed by atoms with van der Waals surface area (Å²) in [6.07, 6.45) is 1.79. The summed E-state index contributed by atoms with van der Waals surface area (Å²) in [5.41, 5.74) is 2.34. The van der Waals surface area contributed by atoms with Crippen molar-refractivity contribution >= 4 is 45.7 Å². The molecule has 0 saturated heterocycles. The molecule has 1 aromatic heterocycles. The molecule has 0 radical (unpaired) electrons. The maximum Gasteiger partial charge on any atom is 0.271 e. The Balaban J connectivity index is 1.87. The molecule has 0 aliphatic carbocycles. The molecule has 4 aromatic rings. The molecule has 3 aromatic carbocycles. The molecule has 1 aliphatic rings. The van der Waals surface area contributed by atoms with Crippen LogP contribution in [0, 0.1) is 0 Å². The number of rotatable bonds is 6. The highest BCUT2D eigenvalue weighted by molar-refractivity contribution is 7.07. The highest BCUT2D eigenvalue weighted by Gasteiger charge is 2.36. The minimum atomic E-state index is -0.714. The number of benzene rings is 3. The van der Waals surface area contributed by atoms with E-state index in [2.05, 4.69) is 0 Å². The number of thiazole rings is 1. The summed E-state index contributed by atoms with van der Waals surface area (Å²) in [7, 11) is 1.61. The van der Waals surface area contributed by atoms with Crippen LogP contribution in [0.15, 0.2) is 81.7 Å². The van der Waals surface area contributed by atoms with Crippen molar-refractivity contribution < 1.29 is 9.53 Å². The number of allylic oxidation sites excluding steroid dienone is 1. The van der Waals surface area contributed by atoms with Crippen LogP contribution < -0.4 is 19.6 Å². The Morgan fingerprint density at radius 2 is 1.82 bits per heavy atom. The highest BCUT2D eigenvalue weighted by Crippen LogP contribution is 2.40. The number of carbonyl (C=O) groups is 1. The first-order valence-electron chi connectivity index (χ1n) is 12.5. The average molecular weight is 546 g/mol. The first kappa shape index (κ1) is 25.9. The largest absolute Gasteiger partial charge is 0.496 e. The van der Waals surface area contributed by atoms with Crippen molar-refractivity contribution in [3.8, 4) is 5.75 Å². The zero-order valence-corrected chi connectivity index (χ0v) is 23.3. The number of fused-ring (bicyclic) bond motifs is 2. The molecule has 0 spiro atoms. The summed E-state index contributed by atoms with van der Waals surface area (Å²) in [4.78, 5) is 35.1. The SMILES string of the molecule is CCN(CC)C(=O)C1=C(C)N=c2s/c(=C/c3ccccc3Cl)c(=O)n2[C@H]1c1c(OC)ccc2ccccc12. The van der Waals surface area contributed by atoms with Crippen LogP contribution in [0.3, 0.4) is 0 Å². The number of nitrogens with zero attached hydrogens (tertiary/aromatic N) is 3. The van der Waals surface area contributed by atoms with Crippen LogP contribution in [0.4, 0.5) is 0 Å². The van der Waals surface area contributed by atoms with E-state index in [0.717, 1.165) is 21.9 Å². The van der Waals surface area contributed by atoms with Gasteiger partial charge in [0.15, 0.2) is 4.80 Å². The molecule has 6 nitrogen and oxygen atoms in total. The molecule has 0 saturated carbocycles. The molecule has 0 unspecified atom stereocenters. The van der Waals surface area contributed by atoms with E-state index in [1.807, 2.05) is 75.4 Å². The van der Waals surface area contributed by atoms with Crippen LogP contribution in [0.25, 0.3) is 16.8 Å². The average Bonchev–Trinajstić information content (AvgIpc) is 3.23. The fraction of sp³-hybridized carbons (Fsp3) is 0.233. The van der Waals surface area contributed by atoms with Crippen molar-refractivity contribution in [2.45, 2.75) is 26.8 Å². The third kappa shape index (κ3) is 4.36. The van der Waals surface area contributed by atoms with Gasteiger partial charge >= 0.3 is 0 Å². The van der Waals surface area contributed by atoms with Gasteiger partial charge in [-0.2, -0.15) is 0 Å². The Morgan fingerprint density at radius 3 is 2.53 bits per heavy atom. The highest BCUT2D eigenvalue weighted by atomic mass is 35.5. The molecule has 0 N–H and O–H groups in total. The van der Waals surface area contributed by atoms with Crippen molar-refractivity contribution in [2.24, 2.45) is 4.99 Å². The lowest BCUT2D eigenvalue weighted by molar-refractivity contribution is -0.127. The zero-order chi connectivity index (χ0) is 27.0. The van der Waals surface area contributed by atoms with E-state index in [4.69, 9.17) is 21.3 Å². The predicted octanol–water partition coefficient (Wildman–Crippen LogP) is 4.92. The number of hydrogen-bond acceptors (Lipinski definition) is 5. The third-order valence-corrected chi connectivity index (χ3v) is 8.25. The van der Waals surface area contributed by atoms with Crippen LogP contribution in [0.5, 0.6) is 5.75 Å². The summed E-state index contributed by atoms with van der Waals surface area (Å²) in [6, 6.07) is 18.5. The Bertz CT molecular complexity index is 1770. The summed E-state index contributed by atoms with van der Waals surface area (Å²) in [5.74, 6) is 0.463. The third-order valence-electron chi connectivity index (χ3n) is 6.92. The van der Waals surface area contributed by atoms with Crippen LogP contribution in [-0.4, -0.2) is 35.6 Å². The maximum absolute atomic E-state index is 14.1. The number of carbonyl (C=O) groups excluding carboxylic acids is 1. The monoisotopic (exact) mass is 545 g/mol. The smallest absolute Gasteiger partial charge is 0.271 e. The first-order valence-corrected chi connectivity index (χ1v) is 13.7. The number of aromatic nitrogens is 1. The normalized spacial score (nSPS) is 15.4. The van der Waals surface area contributed by atoms with Gasteiger partial charge < -0.3 is 9.64 Å². The van der Waals surface area contributed by atoms with Gasteiger partial charge in [-0.25, -0.2) is 4.99 Å². The Kier molecular flexibility index (Phi) is 7.23. The summed E-state index contributed by atoms with van der Waals surface area (Å²) in [6.45, 7) is 6.82. The van der Waals surface area contributed by atoms with E-state index in [9.17, 15) is 9.59 Å². The first-order chi connectivity index (χ1) is 18.4. The van der Waals surface area contributed by atoms with E-state index in [1.54, 1.807) is 28.7 Å². The molecular weight excluding hydrogens is 518 g/mol. The van der Waals surface area contributed by atoms with Crippen molar-refractivity contribution in [3.05, 3.63) is 108 Å². The van der Waals surface area contributed by atoms with E-state index < -0.39 is 6.04 Å². The molecule has 0 fully saturated rings. The molecule has 194 valence electrons. The van der Waals surface area contributed by atoms with E-state index in [1.165, 1.54) is 11.3 Å². The van der Waals surface area contributed by atoms with E-state index in [0.29, 0.717) is 44.5 Å². The molecule has 2 heterocycles. The van der Waals surface area contributed by atoms with Gasteiger partial charge in [0.25, 0.3) is 11.5 Å². The predicted molar refractivity (Wildman–Crippen MR) is 154 cm³/mol. The molecule has 5 rings (SSSR count). The standard InChI is InChI=1S/C30H28ClN3O3S/c1-5-33(6-2)29(36)25-18(3)32-30-34(28(35)24(38-30)17-20-12-8-10-14-22(20)31)27(25)26-21-13-9-7-11-19(21)15-16-23(26)37-4/h7-17,27H,5-6H2,1-4H3/b24-17+/t27-/m1/s1. The number of hydrogen-bond donors (Lipinski definition) is 0. The number of amides is 1. The number of halogens is 1. The van der Waals surface area contributed by atoms with Gasteiger partial charge in [-0.3, -0.25) is 14.2 Å². The Hall–Kier alpha value is -3.68. The van der Waals surface area contributed by atoms with Gasteiger partial charge in [0.1, 0.15) is 11.8 Å². The maximum atomic E-state index is 14.1. The lowest BCUT2D eigenvalue weighted by Gasteiger charge is -2.30. The molecule has 1 aliphatic heterocycles. The van der Waals surface area contributed by atoms with Crippen molar-refractivity contribution in [3.63, 3.8) is 0 Å². The second-order valence-electron chi connectivity index (χ2n) is 8.98. The van der Waals surface area contributed by atoms with Crippen LogP contribution >= 0.6 is 22.9 Å². The lowest BCUT2D eigenvalue weighted by Crippen LogP contribution is -2.43. The van der Waals surface area contributed by atoms with Gasteiger partial charge in [0.05, 0.1) is 22.9 Å². The summed E-state index contributed by atoms with van der Waals surface area (Å²) in [5, 5.41) is 2.46. The fourth-order valence-electron chi connectivity index (χ4n) is 5.02. The van der Waals surface area contributed by atoms with Crippen LogP contribution in [0.1, 0.15) is 37.9 Å². The zero-order valence-electron chi connectivity index (χ0n) is 21.7. The Morgan fingerprint density at radius 1 is 1.11 bits per heavy atom. The van der Waals surface area contributed by atoms with Gasteiger partial charge in [-0.15, -0.1) is 0 Å². The topological polar surface area (TPSA) is 63.9 Å². The van der Waals surface area contributed by atoms with Gasteiger partial charge in [-0.1, -0.05) is 71.5 Å². The molecule has 1 atom stereocenters. The second-order valence-corrected chi connectivity index (χ2v) is 10.4. The van der Waals surface area contributed by atoms with Gasteiger partial charge in [0, 0.05) is 23.7 Å². The van der Waals surface area contributed by atoms with Crippen LogP contribution in [-0.2, 0) is 4.79 Å². The lowest BCUT2D eigenvalue weighted by atomic mass is 9.90. The minimum absolute atomic E-state index is 0.142. The molecular formula is C30H28ClN3O3S. The second kappa shape index (κ2) is 10.6. The van der Waals surface area contributed by atoms with Crippen molar-refractivity contribution in [1.82, 2.24) is 9.47 Å². The molecule has 0 bridgehead atoms. The fourth-order valence-corrected chi connectivity index (χ4v) is 6.25. The van der Waals surface area contributed by atoms with Gasteiger partial charge in [-0.05, 0) is 55.3 Å². The number of ether oxygens (including phenoxy) is 1. The van der Waals surface area contributed by atoms with Gasteiger partial charge in [0.2, 0.25) is 0 Å². The van der Waals surface area contributed by atoms with Crippen molar-refractivity contribution in [1.29, 1.82) is 0 Å². The molecule has 38 heavy (non-hydrogen) atoms. The number of likely N-dealkylation sites (N-methyl/N-ethyl adjacent to an activating group) is 1. The molecule has 8 heteroatoms. The summed E-state index contributed by atoms with van der Waals surface area (Å²) < 4.78 is 7.97. The minimum Gasteiger partial charge on any atom is -0.496 e. The summed E-state index contributed by atoms with van der Waals surface area (Å²) >= 11 is 7.69. The van der Waals surface area contributed by atoms with Crippen LogP contribution in [0.2, 0.25) is 5.02 Å². The Labute approximate surface area is 229 Å². The molecule has 1 amide bonds. The van der Waals surface area contributed by atoms with Crippen molar-refractivity contribution in [2.75, 3.05) is 20.2 Å². The number of methoxy groups -OCH3 is 1. The van der Waals surface area contributed by atoms with E-state index >= 15 is 0 Å².